The van der Waals surface area contributed by atoms with Crippen LogP contribution in [0.5, 0.6) is 0 Å². The summed E-state index contributed by atoms with van der Waals surface area (Å²) in [5.74, 6) is 0. The first-order valence-corrected chi connectivity index (χ1v) is 7.99. The molecule has 6 heteroatoms. The van der Waals surface area contributed by atoms with Crippen LogP contribution in [0.1, 0.15) is 29.0 Å². The molecular formula is C15H17ClN2O2S. The number of aryl methyl sites for hydroxylation is 1. The second-order valence-electron chi connectivity index (χ2n) is 4.83. The fraction of sp³-hybridized carbons (Fsp3) is 0.333. The number of nitrogens with zero attached hydrogens (tertiary/aromatic N) is 1. The molecule has 4 nitrogen and oxygen atoms in total. The molecule has 0 saturated heterocycles. The second kappa shape index (κ2) is 7.02. The van der Waals surface area contributed by atoms with Crippen molar-refractivity contribution in [2.75, 3.05) is 6.54 Å². The van der Waals surface area contributed by atoms with Gasteiger partial charge in [0.15, 0.2) is 0 Å². The summed E-state index contributed by atoms with van der Waals surface area (Å²) in [7, 11) is 0. The lowest BCUT2D eigenvalue weighted by Gasteiger charge is -2.17. The summed E-state index contributed by atoms with van der Waals surface area (Å²) >= 11 is 8.00. The molecule has 0 saturated carbocycles. The van der Waals surface area contributed by atoms with Crippen LogP contribution in [0.15, 0.2) is 29.6 Å². The molecule has 0 radical (unpaired) electrons. The molecule has 1 aromatic heterocycles. The monoisotopic (exact) mass is 324 g/mol. The van der Waals surface area contributed by atoms with Gasteiger partial charge < -0.3 is 5.32 Å². The van der Waals surface area contributed by atoms with E-state index in [2.05, 4.69) is 17.6 Å². The first-order chi connectivity index (χ1) is 10.0. The SMILES string of the molecule is CCNC(Cc1ccc([N+](=O)[O-])cc1)c1scc(C)c1Cl. The van der Waals surface area contributed by atoms with Gasteiger partial charge in [-0.2, -0.15) is 0 Å². The Morgan fingerprint density at radius 2 is 2.05 bits per heavy atom. The number of likely N-dealkylation sites (N-methyl/N-ethyl adjacent to an activating group) is 1. The summed E-state index contributed by atoms with van der Waals surface area (Å²) in [6.07, 6.45) is 0.755. The lowest BCUT2D eigenvalue weighted by Crippen LogP contribution is -2.22. The molecule has 0 aliphatic rings. The van der Waals surface area contributed by atoms with Gasteiger partial charge in [0, 0.05) is 23.1 Å². The van der Waals surface area contributed by atoms with Crippen molar-refractivity contribution in [1.29, 1.82) is 0 Å². The zero-order valence-corrected chi connectivity index (χ0v) is 13.5. The average molecular weight is 325 g/mol. The normalized spacial score (nSPS) is 12.3. The molecule has 21 heavy (non-hydrogen) atoms. The standard InChI is InChI=1S/C15H17ClN2O2S/c1-3-17-13(15-14(16)10(2)9-21-15)8-11-4-6-12(7-5-11)18(19)20/h4-7,9,13,17H,3,8H2,1-2H3. The van der Waals surface area contributed by atoms with Gasteiger partial charge in [0.25, 0.3) is 5.69 Å². The first-order valence-electron chi connectivity index (χ1n) is 6.73. The van der Waals surface area contributed by atoms with Crippen LogP contribution in [0.4, 0.5) is 5.69 Å². The highest BCUT2D eigenvalue weighted by molar-refractivity contribution is 7.10. The van der Waals surface area contributed by atoms with Crippen LogP contribution in [-0.2, 0) is 6.42 Å². The fourth-order valence-electron chi connectivity index (χ4n) is 2.18. The van der Waals surface area contributed by atoms with Gasteiger partial charge in [-0.3, -0.25) is 10.1 Å². The summed E-state index contributed by atoms with van der Waals surface area (Å²) in [4.78, 5) is 11.4. The maximum atomic E-state index is 10.7. The number of hydrogen-bond donors (Lipinski definition) is 1. The third-order valence-corrected chi connectivity index (χ3v) is 5.11. The van der Waals surface area contributed by atoms with Gasteiger partial charge in [0.2, 0.25) is 0 Å². The Hall–Kier alpha value is -1.43. The Bertz CT molecular complexity index is 625. The predicted molar refractivity (Wildman–Crippen MR) is 87.3 cm³/mol. The lowest BCUT2D eigenvalue weighted by molar-refractivity contribution is -0.384. The number of nitro benzene ring substituents is 1. The average Bonchev–Trinajstić information content (AvgIpc) is 2.79. The lowest BCUT2D eigenvalue weighted by atomic mass is 10.0. The van der Waals surface area contributed by atoms with Crippen LogP contribution in [-0.4, -0.2) is 11.5 Å². The summed E-state index contributed by atoms with van der Waals surface area (Å²) in [6.45, 7) is 4.89. The van der Waals surface area contributed by atoms with Crippen molar-refractivity contribution in [3.63, 3.8) is 0 Å². The molecule has 0 aliphatic carbocycles. The number of rotatable bonds is 6. The summed E-state index contributed by atoms with van der Waals surface area (Å²) < 4.78 is 0. The Morgan fingerprint density at radius 1 is 1.38 bits per heavy atom. The molecule has 0 fully saturated rings. The molecule has 1 atom stereocenters. The van der Waals surface area contributed by atoms with E-state index < -0.39 is 0 Å². The van der Waals surface area contributed by atoms with E-state index in [1.54, 1.807) is 35.6 Å². The third kappa shape index (κ3) is 3.81. The van der Waals surface area contributed by atoms with E-state index in [9.17, 15) is 10.1 Å². The van der Waals surface area contributed by atoms with E-state index in [1.807, 2.05) is 6.92 Å². The summed E-state index contributed by atoms with van der Waals surface area (Å²) in [5, 5.41) is 17.0. The summed E-state index contributed by atoms with van der Waals surface area (Å²) in [6, 6.07) is 6.81. The van der Waals surface area contributed by atoms with Crippen molar-refractivity contribution in [2.45, 2.75) is 26.3 Å². The van der Waals surface area contributed by atoms with Gasteiger partial charge in [-0.25, -0.2) is 0 Å². The van der Waals surface area contributed by atoms with Crippen LogP contribution >= 0.6 is 22.9 Å². The maximum absolute atomic E-state index is 10.7. The zero-order valence-electron chi connectivity index (χ0n) is 11.9. The molecule has 1 heterocycles. The smallest absolute Gasteiger partial charge is 0.269 e. The molecule has 0 amide bonds. The number of non-ortho nitro benzene ring substituents is 1. The van der Waals surface area contributed by atoms with Gasteiger partial charge in [-0.05, 0) is 36.4 Å². The van der Waals surface area contributed by atoms with Crippen LogP contribution in [0.25, 0.3) is 0 Å². The van der Waals surface area contributed by atoms with Crippen LogP contribution in [0.2, 0.25) is 5.02 Å². The highest BCUT2D eigenvalue weighted by Crippen LogP contribution is 2.34. The van der Waals surface area contributed by atoms with Gasteiger partial charge in [-0.15, -0.1) is 11.3 Å². The highest BCUT2D eigenvalue weighted by Gasteiger charge is 2.18. The van der Waals surface area contributed by atoms with Gasteiger partial charge in [-0.1, -0.05) is 30.7 Å². The number of hydrogen-bond acceptors (Lipinski definition) is 4. The number of nitrogens with one attached hydrogen (secondary N) is 1. The van der Waals surface area contributed by atoms with Crippen LogP contribution in [0.3, 0.4) is 0 Å². The van der Waals surface area contributed by atoms with Crippen LogP contribution < -0.4 is 5.32 Å². The number of thiophene rings is 1. The van der Waals surface area contributed by atoms with Crippen molar-refractivity contribution in [3.8, 4) is 0 Å². The molecule has 2 rings (SSSR count). The van der Waals surface area contributed by atoms with E-state index in [0.29, 0.717) is 0 Å². The maximum Gasteiger partial charge on any atom is 0.269 e. The van der Waals surface area contributed by atoms with E-state index in [-0.39, 0.29) is 16.7 Å². The predicted octanol–water partition coefficient (Wildman–Crippen LogP) is 4.51. The Labute approximate surface area is 132 Å². The van der Waals surface area contributed by atoms with Gasteiger partial charge in [0.05, 0.1) is 9.95 Å². The van der Waals surface area contributed by atoms with Crippen molar-refractivity contribution in [3.05, 3.63) is 60.8 Å². The second-order valence-corrected chi connectivity index (χ2v) is 6.12. The molecule has 1 N–H and O–H groups in total. The topological polar surface area (TPSA) is 55.2 Å². The minimum Gasteiger partial charge on any atom is -0.309 e. The molecule has 0 spiro atoms. The minimum absolute atomic E-state index is 0.115. The van der Waals surface area contributed by atoms with Crippen molar-refractivity contribution >= 4 is 28.6 Å². The third-order valence-electron chi connectivity index (χ3n) is 3.28. The fourth-order valence-corrected chi connectivity index (χ4v) is 3.58. The number of benzene rings is 1. The van der Waals surface area contributed by atoms with E-state index in [0.717, 1.165) is 34.0 Å². The molecule has 0 bridgehead atoms. The van der Waals surface area contributed by atoms with E-state index in [4.69, 9.17) is 11.6 Å². The Kier molecular flexibility index (Phi) is 5.33. The summed E-state index contributed by atoms with van der Waals surface area (Å²) in [5.41, 5.74) is 2.25. The molecule has 1 unspecified atom stereocenters. The van der Waals surface area contributed by atoms with Crippen molar-refractivity contribution < 1.29 is 4.92 Å². The van der Waals surface area contributed by atoms with Crippen molar-refractivity contribution in [1.82, 2.24) is 5.32 Å². The quantitative estimate of drug-likeness (QED) is 0.628. The molecule has 0 aliphatic heterocycles. The minimum atomic E-state index is -0.384. The Balaban J connectivity index is 2.20. The first kappa shape index (κ1) is 15.9. The molecule has 1 aromatic carbocycles. The molecule has 112 valence electrons. The highest BCUT2D eigenvalue weighted by atomic mass is 35.5. The van der Waals surface area contributed by atoms with Gasteiger partial charge in [0.1, 0.15) is 0 Å². The molecule has 2 aromatic rings. The largest absolute Gasteiger partial charge is 0.309 e. The van der Waals surface area contributed by atoms with Crippen molar-refractivity contribution in [2.24, 2.45) is 0 Å². The number of halogens is 1. The van der Waals surface area contributed by atoms with E-state index >= 15 is 0 Å². The number of nitro groups is 1. The van der Waals surface area contributed by atoms with E-state index in [1.165, 1.54) is 0 Å². The Morgan fingerprint density at radius 3 is 2.52 bits per heavy atom. The van der Waals surface area contributed by atoms with Gasteiger partial charge >= 0.3 is 0 Å². The molecular weight excluding hydrogens is 308 g/mol. The van der Waals surface area contributed by atoms with Crippen LogP contribution in [0, 0.1) is 17.0 Å². The zero-order chi connectivity index (χ0) is 15.4.